The molecule has 3 aromatic rings. The minimum Gasteiger partial charge on any atom is -0.486 e. The molecular formula is C20H21N3O4. The van der Waals surface area contributed by atoms with Crippen LogP contribution in [0.2, 0.25) is 0 Å². The van der Waals surface area contributed by atoms with Crippen molar-refractivity contribution >= 4 is 16.8 Å². The summed E-state index contributed by atoms with van der Waals surface area (Å²) in [5.41, 5.74) is 1.18. The predicted octanol–water partition coefficient (Wildman–Crippen LogP) is 2.96. The first-order valence-corrected chi connectivity index (χ1v) is 9.07. The second-order valence-electron chi connectivity index (χ2n) is 6.59. The summed E-state index contributed by atoms with van der Waals surface area (Å²) in [5, 5.41) is 7.75. The number of ether oxygens (including phenoxy) is 2. The van der Waals surface area contributed by atoms with Crippen LogP contribution in [0.15, 0.2) is 47.1 Å². The maximum atomic E-state index is 12.2. The van der Waals surface area contributed by atoms with E-state index >= 15 is 0 Å². The van der Waals surface area contributed by atoms with Crippen molar-refractivity contribution in [3.8, 4) is 5.75 Å². The van der Waals surface area contributed by atoms with Crippen LogP contribution < -0.4 is 10.1 Å². The molecule has 7 heteroatoms. The first-order valence-electron chi connectivity index (χ1n) is 9.07. The summed E-state index contributed by atoms with van der Waals surface area (Å²) < 4.78 is 16.3. The molecule has 2 aromatic heterocycles. The topological polar surface area (TPSA) is 86.5 Å². The first-order chi connectivity index (χ1) is 13.3. The van der Waals surface area contributed by atoms with Crippen LogP contribution in [0.3, 0.4) is 0 Å². The highest BCUT2D eigenvalue weighted by Crippen LogP contribution is 2.20. The average Bonchev–Trinajstić information content (AvgIpc) is 3.20. The zero-order valence-corrected chi connectivity index (χ0v) is 14.9. The van der Waals surface area contributed by atoms with Crippen molar-refractivity contribution in [3.05, 3.63) is 54.0 Å². The second-order valence-corrected chi connectivity index (χ2v) is 6.59. The molecule has 1 saturated heterocycles. The number of benzene rings is 1. The maximum absolute atomic E-state index is 12.2. The summed E-state index contributed by atoms with van der Waals surface area (Å²) in [5.74, 6) is 1.43. The molecular weight excluding hydrogens is 346 g/mol. The quantitative estimate of drug-likeness (QED) is 0.721. The number of pyridine rings is 1. The number of hydrogen-bond acceptors (Lipinski definition) is 6. The number of hydrogen-bond donors (Lipinski definition) is 1. The lowest BCUT2D eigenvalue weighted by atomic mass is 10.0. The van der Waals surface area contributed by atoms with Gasteiger partial charge in [0.2, 0.25) is 0 Å². The number of fused-ring (bicyclic) bond motifs is 1. The van der Waals surface area contributed by atoms with Crippen LogP contribution in [0.4, 0.5) is 0 Å². The number of carbonyl (C=O) groups is 1. The first kappa shape index (κ1) is 17.5. The van der Waals surface area contributed by atoms with Crippen molar-refractivity contribution in [3.63, 3.8) is 0 Å². The summed E-state index contributed by atoms with van der Waals surface area (Å²) in [6, 6.07) is 11.1. The lowest BCUT2D eigenvalue weighted by Crippen LogP contribution is -2.32. The fourth-order valence-electron chi connectivity index (χ4n) is 3.06. The molecule has 4 rings (SSSR count). The third-order valence-electron chi connectivity index (χ3n) is 4.64. The number of amides is 1. The van der Waals surface area contributed by atoms with Crippen LogP contribution in [0.1, 0.15) is 29.1 Å². The summed E-state index contributed by atoms with van der Waals surface area (Å²) in [6.07, 6.45) is 3.70. The van der Waals surface area contributed by atoms with Gasteiger partial charge < -0.3 is 19.3 Å². The highest BCUT2D eigenvalue weighted by Gasteiger charge is 2.17. The van der Waals surface area contributed by atoms with Gasteiger partial charge in [0, 0.05) is 37.4 Å². The molecule has 1 aliphatic rings. The van der Waals surface area contributed by atoms with E-state index < -0.39 is 0 Å². The number of rotatable bonds is 6. The molecule has 1 N–H and O–H groups in total. The Morgan fingerprint density at radius 2 is 2.11 bits per heavy atom. The van der Waals surface area contributed by atoms with Crippen molar-refractivity contribution in [1.82, 2.24) is 15.5 Å². The zero-order chi connectivity index (χ0) is 18.5. The molecule has 0 bridgehead atoms. The van der Waals surface area contributed by atoms with Gasteiger partial charge in [0.25, 0.3) is 5.91 Å². The molecule has 1 aromatic carbocycles. The van der Waals surface area contributed by atoms with E-state index in [1.165, 1.54) is 0 Å². The smallest absolute Gasteiger partial charge is 0.273 e. The Morgan fingerprint density at radius 3 is 3.00 bits per heavy atom. The number of nitrogens with zero attached hydrogens (tertiary/aromatic N) is 2. The van der Waals surface area contributed by atoms with Gasteiger partial charge in [-0.05, 0) is 43.0 Å². The fourth-order valence-corrected chi connectivity index (χ4v) is 3.06. The van der Waals surface area contributed by atoms with Gasteiger partial charge in [-0.25, -0.2) is 0 Å². The van der Waals surface area contributed by atoms with Crippen molar-refractivity contribution in [2.45, 2.75) is 19.4 Å². The third kappa shape index (κ3) is 4.43. The Kier molecular flexibility index (Phi) is 5.29. The van der Waals surface area contributed by atoms with Gasteiger partial charge in [-0.2, -0.15) is 0 Å². The SMILES string of the molecule is O=C(NCC1CCOCC1)c1cc(COc2ccc3ncccc3c2)on1. The van der Waals surface area contributed by atoms with Crippen LogP contribution in [0, 0.1) is 5.92 Å². The van der Waals surface area contributed by atoms with Crippen LogP contribution in [0.5, 0.6) is 5.75 Å². The molecule has 0 radical (unpaired) electrons. The van der Waals surface area contributed by atoms with E-state index in [1.807, 2.05) is 30.3 Å². The Bertz CT molecular complexity index is 918. The van der Waals surface area contributed by atoms with E-state index in [0.717, 1.165) is 37.0 Å². The standard InChI is InChI=1S/C20H21N3O4/c24-20(22-12-14-5-8-25-9-6-14)19-11-17(27-23-19)13-26-16-3-4-18-15(10-16)2-1-7-21-18/h1-4,7,10-11,14H,5-6,8-9,12-13H2,(H,22,24). The molecule has 0 spiro atoms. The number of aromatic nitrogens is 2. The summed E-state index contributed by atoms with van der Waals surface area (Å²) in [6.45, 7) is 2.35. The average molecular weight is 367 g/mol. The van der Waals surface area contributed by atoms with Gasteiger partial charge in [-0.15, -0.1) is 0 Å². The summed E-state index contributed by atoms with van der Waals surface area (Å²) in [4.78, 5) is 16.5. The van der Waals surface area contributed by atoms with E-state index in [-0.39, 0.29) is 18.2 Å². The summed E-state index contributed by atoms with van der Waals surface area (Å²) in [7, 11) is 0. The van der Waals surface area contributed by atoms with E-state index in [2.05, 4.69) is 15.5 Å². The van der Waals surface area contributed by atoms with Crippen LogP contribution in [0.25, 0.3) is 10.9 Å². The molecule has 1 aliphatic heterocycles. The Balaban J connectivity index is 1.31. The molecule has 140 valence electrons. The molecule has 0 atom stereocenters. The minimum absolute atomic E-state index is 0.200. The predicted molar refractivity (Wildman–Crippen MR) is 98.5 cm³/mol. The van der Waals surface area contributed by atoms with Crippen LogP contribution in [-0.2, 0) is 11.3 Å². The van der Waals surface area contributed by atoms with Gasteiger partial charge in [-0.1, -0.05) is 11.2 Å². The molecule has 0 unspecified atom stereocenters. The Labute approximate surface area is 156 Å². The second kappa shape index (κ2) is 8.18. The third-order valence-corrected chi connectivity index (χ3v) is 4.64. The minimum atomic E-state index is -0.228. The molecule has 27 heavy (non-hydrogen) atoms. The summed E-state index contributed by atoms with van der Waals surface area (Å²) >= 11 is 0. The van der Waals surface area contributed by atoms with Gasteiger partial charge in [-0.3, -0.25) is 9.78 Å². The highest BCUT2D eigenvalue weighted by molar-refractivity contribution is 5.92. The van der Waals surface area contributed by atoms with Crippen molar-refractivity contribution in [2.75, 3.05) is 19.8 Å². The van der Waals surface area contributed by atoms with Crippen molar-refractivity contribution in [1.29, 1.82) is 0 Å². The van der Waals surface area contributed by atoms with E-state index in [1.54, 1.807) is 12.3 Å². The van der Waals surface area contributed by atoms with Crippen molar-refractivity contribution < 1.29 is 18.8 Å². The van der Waals surface area contributed by atoms with Crippen LogP contribution in [-0.4, -0.2) is 35.8 Å². The number of nitrogens with one attached hydrogen (secondary N) is 1. The normalized spacial score (nSPS) is 15.0. The highest BCUT2D eigenvalue weighted by atomic mass is 16.5. The Hall–Kier alpha value is -2.93. The fraction of sp³-hybridized carbons (Fsp3) is 0.350. The lowest BCUT2D eigenvalue weighted by Gasteiger charge is -2.21. The monoisotopic (exact) mass is 367 g/mol. The van der Waals surface area contributed by atoms with Gasteiger partial charge in [0.1, 0.15) is 12.4 Å². The van der Waals surface area contributed by atoms with Crippen LogP contribution >= 0.6 is 0 Å². The number of carbonyl (C=O) groups excluding carboxylic acids is 1. The van der Waals surface area contributed by atoms with E-state index in [4.69, 9.17) is 14.0 Å². The molecule has 1 fully saturated rings. The molecule has 3 heterocycles. The maximum Gasteiger partial charge on any atom is 0.273 e. The molecule has 0 aliphatic carbocycles. The zero-order valence-electron chi connectivity index (χ0n) is 14.9. The Morgan fingerprint density at radius 1 is 1.22 bits per heavy atom. The molecule has 7 nitrogen and oxygen atoms in total. The molecule has 1 amide bonds. The van der Waals surface area contributed by atoms with Gasteiger partial charge in [0.05, 0.1) is 5.52 Å². The van der Waals surface area contributed by atoms with E-state index in [0.29, 0.717) is 24.0 Å². The van der Waals surface area contributed by atoms with Gasteiger partial charge >= 0.3 is 0 Å². The van der Waals surface area contributed by atoms with Gasteiger partial charge in [0.15, 0.2) is 11.5 Å². The van der Waals surface area contributed by atoms with Crippen molar-refractivity contribution in [2.24, 2.45) is 5.92 Å². The largest absolute Gasteiger partial charge is 0.486 e. The lowest BCUT2D eigenvalue weighted by molar-refractivity contribution is 0.0641. The van der Waals surface area contributed by atoms with E-state index in [9.17, 15) is 4.79 Å². The molecule has 0 saturated carbocycles.